The Morgan fingerprint density at radius 3 is 2.15 bits per heavy atom. The van der Waals surface area contributed by atoms with Crippen LogP contribution < -0.4 is 16.0 Å². The van der Waals surface area contributed by atoms with E-state index < -0.39 is 11.8 Å². The molecule has 4 aromatic rings. The number of nitrogens with one attached hydrogen (secondary N) is 3. The molecule has 0 saturated heterocycles. The van der Waals surface area contributed by atoms with E-state index in [9.17, 15) is 14.4 Å². The molecule has 0 aliphatic heterocycles. The van der Waals surface area contributed by atoms with Crippen LogP contribution in [0.2, 0.25) is 15.1 Å². The van der Waals surface area contributed by atoms with Crippen molar-refractivity contribution in [3.05, 3.63) is 129 Å². The van der Waals surface area contributed by atoms with Gasteiger partial charge in [-0.3, -0.25) is 14.4 Å². The minimum atomic E-state index is -0.540. The number of amides is 3. The molecule has 4 rings (SSSR count). The average molecular weight is 611 g/mol. The first-order chi connectivity index (χ1) is 19.3. The van der Waals surface area contributed by atoms with E-state index in [1.54, 1.807) is 91.0 Å². The molecule has 0 aliphatic carbocycles. The third-order valence-electron chi connectivity index (χ3n) is 5.34. The third-order valence-corrected chi connectivity index (χ3v) is 7.12. The SMILES string of the molecule is O=C(CSc1cccc(NC(=O)/C(=C\c2ccccc2Cl)NC(=O)c2ccccc2)c1)Nc1cc(Cl)cc(Cl)c1. The zero-order valence-corrected chi connectivity index (χ0v) is 23.9. The van der Waals surface area contributed by atoms with Gasteiger partial charge in [0.2, 0.25) is 5.91 Å². The smallest absolute Gasteiger partial charge is 0.272 e. The highest BCUT2D eigenvalue weighted by Gasteiger charge is 2.16. The fourth-order valence-electron chi connectivity index (χ4n) is 3.52. The summed E-state index contributed by atoms with van der Waals surface area (Å²) in [5, 5.41) is 9.52. The molecule has 0 bridgehead atoms. The average Bonchev–Trinajstić information content (AvgIpc) is 2.93. The van der Waals surface area contributed by atoms with Gasteiger partial charge in [-0.15, -0.1) is 11.8 Å². The van der Waals surface area contributed by atoms with Gasteiger partial charge in [-0.25, -0.2) is 0 Å². The standard InChI is InChI=1S/C30H22Cl3N3O3S/c31-21-14-22(32)16-24(15-21)34-28(37)18-40-25-11-6-10-23(17-25)35-30(39)27(13-20-9-4-5-12-26(20)33)36-29(38)19-7-2-1-3-8-19/h1-17H,18H2,(H,34,37)(H,35,39)(H,36,38)/b27-13+. The summed E-state index contributed by atoms with van der Waals surface area (Å²) in [7, 11) is 0. The van der Waals surface area contributed by atoms with E-state index in [1.807, 2.05) is 6.07 Å². The number of rotatable bonds is 9. The fraction of sp³-hybridized carbons (Fsp3) is 0.0333. The third kappa shape index (κ3) is 8.63. The predicted molar refractivity (Wildman–Crippen MR) is 164 cm³/mol. The molecule has 6 nitrogen and oxygen atoms in total. The molecule has 0 fully saturated rings. The summed E-state index contributed by atoms with van der Waals surface area (Å²) < 4.78 is 0. The lowest BCUT2D eigenvalue weighted by Gasteiger charge is -2.12. The molecular formula is C30H22Cl3N3O3S. The van der Waals surface area contributed by atoms with Crippen LogP contribution in [0.5, 0.6) is 0 Å². The number of carbonyl (C=O) groups is 3. The highest BCUT2D eigenvalue weighted by Crippen LogP contribution is 2.25. The Bertz CT molecular complexity index is 1560. The molecular weight excluding hydrogens is 589 g/mol. The normalized spacial score (nSPS) is 11.0. The summed E-state index contributed by atoms with van der Waals surface area (Å²) in [5.74, 6) is -1.11. The first-order valence-corrected chi connectivity index (χ1v) is 14.0. The van der Waals surface area contributed by atoms with Crippen molar-refractivity contribution in [3.8, 4) is 0 Å². The largest absolute Gasteiger partial charge is 0.325 e. The maximum Gasteiger partial charge on any atom is 0.272 e. The van der Waals surface area contributed by atoms with Crippen LogP contribution in [0.25, 0.3) is 6.08 Å². The summed E-state index contributed by atoms with van der Waals surface area (Å²) in [5.41, 5.74) is 1.96. The van der Waals surface area contributed by atoms with Crippen molar-refractivity contribution in [3.63, 3.8) is 0 Å². The predicted octanol–water partition coefficient (Wildman–Crippen LogP) is 7.79. The van der Waals surface area contributed by atoms with E-state index in [1.165, 1.54) is 17.8 Å². The molecule has 0 unspecified atom stereocenters. The second-order valence-electron chi connectivity index (χ2n) is 8.38. The van der Waals surface area contributed by atoms with E-state index in [2.05, 4.69) is 16.0 Å². The van der Waals surface area contributed by atoms with Gasteiger partial charge in [0, 0.05) is 36.9 Å². The Hall–Kier alpha value is -3.75. The molecule has 0 radical (unpaired) electrons. The van der Waals surface area contributed by atoms with Crippen molar-refractivity contribution in [1.29, 1.82) is 0 Å². The van der Waals surface area contributed by atoms with Crippen LogP contribution in [0.4, 0.5) is 11.4 Å². The van der Waals surface area contributed by atoms with Gasteiger partial charge in [0.15, 0.2) is 0 Å². The second-order valence-corrected chi connectivity index (χ2v) is 10.7. The van der Waals surface area contributed by atoms with Crippen molar-refractivity contribution in [2.45, 2.75) is 4.90 Å². The summed E-state index contributed by atoms with van der Waals surface area (Å²) in [4.78, 5) is 39.3. The second kappa shape index (κ2) is 14.1. The molecule has 0 atom stereocenters. The van der Waals surface area contributed by atoms with Crippen LogP contribution in [0.1, 0.15) is 15.9 Å². The minimum absolute atomic E-state index is 0.0135. The molecule has 0 aromatic heterocycles. The van der Waals surface area contributed by atoms with Crippen molar-refractivity contribution < 1.29 is 14.4 Å². The number of hydrogen-bond acceptors (Lipinski definition) is 4. The van der Waals surface area contributed by atoms with Gasteiger partial charge in [-0.1, -0.05) is 77.3 Å². The number of carbonyl (C=O) groups excluding carboxylic acids is 3. The number of hydrogen-bond donors (Lipinski definition) is 3. The van der Waals surface area contributed by atoms with Gasteiger partial charge in [0.1, 0.15) is 5.70 Å². The first kappa shape index (κ1) is 29.2. The number of halogens is 3. The van der Waals surface area contributed by atoms with Crippen LogP contribution in [-0.4, -0.2) is 23.5 Å². The maximum absolute atomic E-state index is 13.3. The minimum Gasteiger partial charge on any atom is -0.325 e. The van der Waals surface area contributed by atoms with Gasteiger partial charge in [-0.05, 0) is 66.2 Å². The Morgan fingerprint density at radius 1 is 0.725 bits per heavy atom. The monoisotopic (exact) mass is 609 g/mol. The zero-order valence-electron chi connectivity index (χ0n) is 20.8. The van der Waals surface area contributed by atoms with Crippen LogP contribution in [-0.2, 0) is 9.59 Å². The lowest BCUT2D eigenvalue weighted by Crippen LogP contribution is -2.30. The molecule has 0 spiro atoms. The first-order valence-electron chi connectivity index (χ1n) is 11.9. The van der Waals surface area contributed by atoms with Gasteiger partial charge >= 0.3 is 0 Å². The zero-order chi connectivity index (χ0) is 28.5. The van der Waals surface area contributed by atoms with Crippen molar-refractivity contribution in [2.75, 3.05) is 16.4 Å². The van der Waals surface area contributed by atoms with E-state index in [0.29, 0.717) is 37.6 Å². The summed E-state index contributed by atoms with van der Waals surface area (Å²) in [6, 6.07) is 27.4. The Kier molecular flexibility index (Phi) is 10.3. The quantitative estimate of drug-likeness (QED) is 0.133. The van der Waals surface area contributed by atoms with Crippen molar-refractivity contribution in [1.82, 2.24) is 5.32 Å². The number of benzene rings is 4. The van der Waals surface area contributed by atoms with Crippen LogP contribution in [0, 0.1) is 0 Å². The number of anilines is 2. The highest BCUT2D eigenvalue weighted by atomic mass is 35.5. The molecule has 202 valence electrons. The van der Waals surface area contributed by atoms with Gasteiger partial charge in [-0.2, -0.15) is 0 Å². The summed E-state index contributed by atoms with van der Waals surface area (Å²) in [6.07, 6.45) is 1.52. The Morgan fingerprint density at radius 2 is 1.43 bits per heavy atom. The van der Waals surface area contributed by atoms with Crippen LogP contribution in [0.15, 0.2) is 108 Å². The van der Waals surface area contributed by atoms with Gasteiger partial charge in [0.05, 0.1) is 5.75 Å². The molecule has 0 saturated carbocycles. The van der Waals surface area contributed by atoms with E-state index >= 15 is 0 Å². The molecule has 3 amide bonds. The lowest BCUT2D eigenvalue weighted by atomic mass is 10.1. The van der Waals surface area contributed by atoms with Crippen molar-refractivity contribution in [2.24, 2.45) is 0 Å². The van der Waals surface area contributed by atoms with Crippen LogP contribution >= 0.6 is 46.6 Å². The molecule has 0 heterocycles. The van der Waals surface area contributed by atoms with Crippen molar-refractivity contribution >= 4 is 81.7 Å². The summed E-state index contributed by atoms with van der Waals surface area (Å²) >= 11 is 19.6. The maximum atomic E-state index is 13.3. The van der Waals surface area contributed by atoms with E-state index in [0.717, 1.165) is 4.90 Å². The highest BCUT2D eigenvalue weighted by molar-refractivity contribution is 8.00. The van der Waals surface area contributed by atoms with Gasteiger partial charge < -0.3 is 16.0 Å². The fourth-order valence-corrected chi connectivity index (χ4v) is 5.00. The molecule has 10 heteroatoms. The summed E-state index contributed by atoms with van der Waals surface area (Å²) in [6.45, 7) is 0. The lowest BCUT2D eigenvalue weighted by molar-refractivity contribution is -0.114. The topological polar surface area (TPSA) is 87.3 Å². The van der Waals surface area contributed by atoms with E-state index in [-0.39, 0.29) is 17.4 Å². The Labute approximate surface area is 250 Å². The Balaban J connectivity index is 1.45. The van der Waals surface area contributed by atoms with Crippen LogP contribution in [0.3, 0.4) is 0 Å². The van der Waals surface area contributed by atoms with E-state index in [4.69, 9.17) is 34.8 Å². The molecule has 0 aliphatic rings. The molecule has 3 N–H and O–H groups in total. The molecule has 40 heavy (non-hydrogen) atoms. The number of thioether (sulfide) groups is 1. The van der Waals surface area contributed by atoms with Gasteiger partial charge in [0.25, 0.3) is 11.8 Å². The molecule has 4 aromatic carbocycles.